The van der Waals surface area contributed by atoms with Gasteiger partial charge in [-0.3, -0.25) is 13.8 Å². The third-order valence-corrected chi connectivity index (χ3v) is 11.7. The zero-order valence-corrected chi connectivity index (χ0v) is 38.2. The number of allylic oxidation sites excluding steroid dienone is 2. The predicted octanol–water partition coefficient (Wildman–Crippen LogP) is 13.7. The first-order valence-corrected chi connectivity index (χ1v) is 25.7. The molecule has 10 heteroatoms. The van der Waals surface area contributed by atoms with Crippen LogP contribution in [0.4, 0.5) is 0 Å². The van der Waals surface area contributed by atoms with E-state index in [9.17, 15) is 19.4 Å². The maximum absolute atomic E-state index is 12.7. The number of aliphatic hydroxyl groups excluding tert-OH is 2. The Labute approximate surface area is 351 Å². The van der Waals surface area contributed by atoms with Crippen molar-refractivity contribution in [2.24, 2.45) is 0 Å². The molecule has 0 saturated carbocycles. The molecule has 0 radical (unpaired) electrons. The molecule has 0 aliphatic heterocycles. The van der Waals surface area contributed by atoms with Crippen LogP contribution in [0.2, 0.25) is 0 Å². The lowest BCUT2D eigenvalue weighted by Crippen LogP contribution is -2.29. The first-order valence-electron chi connectivity index (χ1n) is 24.2. The highest BCUT2D eigenvalue weighted by Crippen LogP contribution is 2.43. The summed E-state index contributed by atoms with van der Waals surface area (Å²) in [7, 11) is -4.51. The average Bonchev–Trinajstić information content (AvgIpc) is 3.20. The van der Waals surface area contributed by atoms with Crippen molar-refractivity contribution in [3.63, 3.8) is 0 Å². The van der Waals surface area contributed by atoms with Gasteiger partial charge in [0.2, 0.25) is 0 Å². The number of rotatable bonds is 47. The van der Waals surface area contributed by atoms with E-state index >= 15 is 0 Å². The number of unbranched alkanes of at least 4 members (excludes halogenated alkanes) is 31. The van der Waals surface area contributed by atoms with Gasteiger partial charge in [-0.2, -0.15) is 0 Å². The van der Waals surface area contributed by atoms with E-state index in [1.807, 2.05) is 0 Å². The Morgan fingerprint density at radius 2 is 0.895 bits per heavy atom. The van der Waals surface area contributed by atoms with E-state index in [-0.39, 0.29) is 25.6 Å². The molecule has 0 rings (SSSR count). The van der Waals surface area contributed by atoms with Crippen LogP contribution in [0.3, 0.4) is 0 Å². The number of ether oxygens (including phenoxy) is 2. The molecule has 0 aromatic heterocycles. The Kier molecular flexibility index (Phi) is 44.1. The molecule has 340 valence electrons. The number of carbonyl (C=O) groups is 1. The molecule has 3 unspecified atom stereocenters. The molecule has 0 saturated heterocycles. The third-order valence-electron chi connectivity index (χ3n) is 10.7. The zero-order valence-electron chi connectivity index (χ0n) is 37.3. The number of phosphoric acid groups is 1. The van der Waals surface area contributed by atoms with E-state index < -0.39 is 33.2 Å². The molecule has 0 aromatic carbocycles. The lowest BCUT2D eigenvalue weighted by Gasteiger charge is -2.20. The van der Waals surface area contributed by atoms with E-state index in [0.717, 1.165) is 32.1 Å². The van der Waals surface area contributed by atoms with Crippen LogP contribution in [0.5, 0.6) is 0 Å². The molecule has 0 aliphatic carbocycles. The van der Waals surface area contributed by atoms with E-state index in [0.29, 0.717) is 6.61 Å². The summed E-state index contributed by atoms with van der Waals surface area (Å²) in [6.07, 6.45) is 46.0. The molecular formula is C47H93O9P. The maximum atomic E-state index is 12.7. The smallest absolute Gasteiger partial charge is 0.457 e. The minimum Gasteiger partial charge on any atom is -0.457 e. The normalized spacial score (nSPS) is 14.0. The SMILES string of the molecule is CCCCCCCC/C=C\CCCCCCCCCCCC(=O)OC(COCCCCCCCCCCCCCCCCCCC)COP(=O)(O)OCC(O)CO. The van der Waals surface area contributed by atoms with Gasteiger partial charge in [-0.05, 0) is 38.5 Å². The van der Waals surface area contributed by atoms with E-state index in [2.05, 4.69) is 26.0 Å². The Morgan fingerprint density at radius 3 is 1.32 bits per heavy atom. The molecule has 0 aromatic rings. The molecule has 9 nitrogen and oxygen atoms in total. The van der Waals surface area contributed by atoms with Crippen molar-refractivity contribution in [1.82, 2.24) is 0 Å². The summed E-state index contributed by atoms with van der Waals surface area (Å²) in [5.41, 5.74) is 0. The van der Waals surface area contributed by atoms with Gasteiger partial charge in [-0.1, -0.05) is 206 Å². The summed E-state index contributed by atoms with van der Waals surface area (Å²) >= 11 is 0. The minimum absolute atomic E-state index is 0.0549. The van der Waals surface area contributed by atoms with Crippen LogP contribution >= 0.6 is 7.82 Å². The highest BCUT2D eigenvalue weighted by molar-refractivity contribution is 7.47. The summed E-state index contributed by atoms with van der Waals surface area (Å²) in [5, 5.41) is 18.4. The van der Waals surface area contributed by atoms with Crippen molar-refractivity contribution in [1.29, 1.82) is 0 Å². The number of aliphatic hydroxyl groups is 2. The van der Waals surface area contributed by atoms with Crippen LogP contribution < -0.4 is 0 Å². The number of carbonyl (C=O) groups excluding carboxylic acids is 1. The standard InChI is InChI=1S/C47H93O9P/c1-3-5-7-9-11-13-15-17-19-21-22-23-25-27-29-31-33-35-37-39-47(50)56-46(44-55-57(51,52)54-42-45(49)41-48)43-53-40-38-36-34-32-30-28-26-24-20-18-16-14-12-10-8-6-4-2/h17,19,45-46,48-49H,3-16,18,20-44H2,1-2H3,(H,51,52)/b19-17-. The summed E-state index contributed by atoms with van der Waals surface area (Å²) in [6, 6.07) is 0. The van der Waals surface area contributed by atoms with Crippen LogP contribution in [-0.4, -0.2) is 66.3 Å². The summed E-state index contributed by atoms with van der Waals surface area (Å²) in [4.78, 5) is 22.6. The topological polar surface area (TPSA) is 132 Å². The van der Waals surface area contributed by atoms with Gasteiger partial charge in [-0.25, -0.2) is 4.57 Å². The molecule has 0 bridgehead atoms. The highest BCUT2D eigenvalue weighted by Gasteiger charge is 2.26. The largest absolute Gasteiger partial charge is 0.472 e. The summed E-state index contributed by atoms with van der Waals surface area (Å²) < 4.78 is 33.5. The fourth-order valence-electron chi connectivity index (χ4n) is 7.00. The van der Waals surface area contributed by atoms with Crippen molar-refractivity contribution in [2.75, 3.05) is 33.0 Å². The van der Waals surface area contributed by atoms with Crippen LogP contribution in [-0.2, 0) is 27.9 Å². The molecule has 3 N–H and O–H groups in total. The molecule has 0 heterocycles. The monoisotopic (exact) mass is 833 g/mol. The quantitative estimate of drug-likeness (QED) is 0.0237. The van der Waals surface area contributed by atoms with E-state index in [4.69, 9.17) is 23.6 Å². The van der Waals surface area contributed by atoms with Crippen LogP contribution in [0, 0.1) is 0 Å². The zero-order chi connectivity index (χ0) is 41.8. The van der Waals surface area contributed by atoms with Crippen molar-refractivity contribution >= 4 is 13.8 Å². The molecule has 0 amide bonds. The molecule has 0 aliphatic rings. The molecule has 3 atom stereocenters. The number of phosphoric ester groups is 1. The van der Waals surface area contributed by atoms with Gasteiger partial charge in [0.25, 0.3) is 0 Å². The fourth-order valence-corrected chi connectivity index (χ4v) is 7.79. The van der Waals surface area contributed by atoms with Gasteiger partial charge < -0.3 is 24.6 Å². The van der Waals surface area contributed by atoms with Crippen molar-refractivity contribution in [3.05, 3.63) is 12.2 Å². The van der Waals surface area contributed by atoms with Crippen LogP contribution in [0.1, 0.15) is 239 Å². The Hall–Kier alpha value is -0.800. The highest BCUT2D eigenvalue weighted by atomic mass is 31.2. The number of esters is 1. The molecule has 57 heavy (non-hydrogen) atoms. The minimum atomic E-state index is -4.51. The van der Waals surface area contributed by atoms with Gasteiger partial charge >= 0.3 is 13.8 Å². The first kappa shape index (κ1) is 56.2. The van der Waals surface area contributed by atoms with Crippen LogP contribution in [0.15, 0.2) is 12.2 Å². The molecule has 0 fully saturated rings. The number of hydrogen-bond acceptors (Lipinski definition) is 8. The summed E-state index contributed by atoms with van der Waals surface area (Å²) in [5.74, 6) is -0.379. The lowest BCUT2D eigenvalue weighted by atomic mass is 10.0. The lowest BCUT2D eigenvalue weighted by molar-refractivity contribution is -0.154. The molecular weight excluding hydrogens is 739 g/mol. The van der Waals surface area contributed by atoms with Crippen molar-refractivity contribution < 1.29 is 43.0 Å². The third kappa shape index (κ3) is 44.6. The second-order valence-corrected chi connectivity index (χ2v) is 17.9. The molecule has 0 spiro atoms. The van der Waals surface area contributed by atoms with Gasteiger partial charge in [-0.15, -0.1) is 0 Å². The first-order chi connectivity index (χ1) is 27.8. The van der Waals surface area contributed by atoms with Crippen LogP contribution in [0.25, 0.3) is 0 Å². The van der Waals surface area contributed by atoms with Gasteiger partial charge in [0.1, 0.15) is 12.2 Å². The van der Waals surface area contributed by atoms with Crippen molar-refractivity contribution in [2.45, 2.75) is 251 Å². The Balaban J connectivity index is 4.08. The van der Waals surface area contributed by atoms with E-state index in [1.54, 1.807) is 0 Å². The van der Waals surface area contributed by atoms with E-state index in [1.165, 1.54) is 186 Å². The Morgan fingerprint density at radius 1 is 0.526 bits per heavy atom. The number of hydrogen-bond donors (Lipinski definition) is 3. The van der Waals surface area contributed by atoms with Gasteiger partial charge in [0, 0.05) is 13.0 Å². The Bertz CT molecular complexity index is 902. The maximum Gasteiger partial charge on any atom is 0.472 e. The van der Waals surface area contributed by atoms with Gasteiger partial charge in [0.15, 0.2) is 0 Å². The summed E-state index contributed by atoms with van der Waals surface area (Å²) in [6.45, 7) is 3.57. The second kappa shape index (κ2) is 44.7. The van der Waals surface area contributed by atoms with Crippen molar-refractivity contribution in [3.8, 4) is 0 Å². The fraction of sp³-hybridized carbons (Fsp3) is 0.936. The average molecular weight is 833 g/mol. The second-order valence-electron chi connectivity index (χ2n) is 16.5. The van der Waals surface area contributed by atoms with Gasteiger partial charge in [0.05, 0.1) is 26.4 Å². The predicted molar refractivity (Wildman–Crippen MR) is 238 cm³/mol.